The number of thiazole rings is 1. The highest BCUT2D eigenvalue weighted by Gasteiger charge is 2.13. The van der Waals surface area contributed by atoms with Gasteiger partial charge in [0.25, 0.3) is 5.69 Å². The second-order valence-corrected chi connectivity index (χ2v) is 6.08. The molecule has 0 bridgehead atoms. The molecule has 126 valence electrons. The molecular formula is C17H12FN3O3S. The molecular weight excluding hydrogens is 345 g/mol. The third-order valence-corrected chi connectivity index (χ3v) is 4.26. The van der Waals surface area contributed by atoms with E-state index in [0.29, 0.717) is 27.5 Å². The Balaban J connectivity index is 1.92. The van der Waals surface area contributed by atoms with E-state index >= 15 is 0 Å². The Morgan fingerprint density at radius 3 is 2.76 bits per heavy atom. The fourth-order valence-corrected chi connectivity index (χ4v) is 3.10. The van der Waals surface area contributed by atoms with Gasteiger partial charge in [-0.05, 0) is 18.2 Å². The van der Waals surface area contributed by atoms with Gasteiger partial charge in [-0.3, -0.25) is 14.9 Å². The average Bonchev–Trinajstić information content (AvgIpc) is 3.04. The molecule has 0 aliphatic carbocycles. The minimum Gasteiger partial charge on any atom is -0.326 e. The first-order valence-electron chi connectivity index (χ1n) is 7.22. The van der Waals surface area contributed by atoms with Gasteiger partial charge in [-0.25, -0.2) is 9.37 Å². The zero-order chi connectivity index (χ0) is 18.0. The van der Waals surface area contributed by atoms with Gasteiger partial charge in [0.1, 0.15) is 10.8 Å². The van der Waals surface area contributed by atoms with Crippen LogP contribution in [-0.4, -0.2) is 15.8 Å². The van der Waals surface area contributed by atoms with Crippen LogP contribution in [0.5, 0.6) is 0 Å². The molecule has 0 saturated carbocycles. The summed E-state index contributed by atoms with van der Waals surface area (Å²) in [4.78, 5) is 25.8. The summed E-state index contributed by atoms with van der Waals surface area (Å²) in [7, 11) is 0. The quantitative estimate of drug-likeness (QED) is 0.551. The van der Waals surface area contributed by atoms with E-state index in [1.54, 1.807) is 23.6 Å². The van der Waals surface area contributed by atoms with E-state index in [9.17, 15) is 19.3 Å². The standard InChI is InChI=1S/C17H12FN3O3S/c1-10(22)19-12-5-6-14(15(18)8-12)16-9-25-17(20-16)11-3-2-4-13(7-11)21(23)24/h2-9H,1H3,(H,19,22). The zero-order valence-corrected chi connectivity index (χ0v) is 13.8. The number of rotatable bonds is 4. The molecule has 1 heterocycles. The SMILES string of the molecule is CC(=O)Nc1ccc(-c2csc(-c3cccc([N+](=O)[O-])c3)n2)c(F)c1. The third kappa shape index (κ3) is 3.69. The molecule has 0 radical (unpaired) electrons. The van der Waals surface area contributed by atoms with Gasteiger partial charge in [-0.1, -0.05) is 12.1 Å². The van der Waals surface area contributed by atoms with Crippen LogP contribution >= 0.6 is 11.3 Å². The zero-order valence-electron chi connectivity index (χ0n) is 13.0. The lowest BCUT2D eigenvalue weighted by molar-refractivity contribution is -0.384. The van der Waals surface area contributed by atoms with Crippen molar-refractivity contribution in [3.63, 3.8) is 0 Å². The van der Waals surface area contributed by atoms with Crippen LogP contribution < -0.4 is 5.32 Å². The Morgan fingerprint density at radius 2 is 2.08 bits per heavy atom. The number of halogens is 1. The van der Waals surface area contributed by atoms with Gasteiger partial charge < -0.3 is 5.32 Å². The summed E-state index contributed by atoms with van der Waals surface area (Å²) >= 11 is 1.27. The largest absolute Gasteiger partial charge is 0.326 e. The first-order chi connectivity index (χ1) is 11.9. The first-order valence-corrected chi connectivity index (χ1v) is 8.10. The molecule has 1 N–H and O–H groups in total. The van der Waals surface area contributed by atoms with Crippen LogP contribution in [0.4, 0.5) is 15.8 Å². The highest BCUT2D eigenvalue weighted by atomic mass is 32.1. The maximum Gasteiger partial charge on any atom is 0.270 e. The Hall–Kier alpha value is -3.13. The Bertz CT molecular complexity index is 971. The lowest BCUT2D eigenvalue weighted by atomic mass is 10.1. The number of nitrogens with one attached hydrogen (secondary N) is 1. The maximum absolute atomic E-state index is 14.3. The number of hydrogen-bond donors (Lipinski definition) is 1. The van der Waals surface area contributed by atoms with Gasteiger partial charge in [0, 0.05) is 41.3 Å². The number of aromatic nitrogens is 1. The number of carbonyl (C=O) groups excluding carboxylic acids is 1. The first kappa shape index (κ1) is 16.7. The summed E-state index contributed by atoms with van der Waals surface area (Å²) in [5, 5.41) is 15.6. The highest BCUT2D eigenvalue weighted by Crippen LogP contribution is 2.32. The Morgan fingerprint density at radius 1 is 1.28 bits per heavy atom. The Labute approximate surface area is 146 Å². The molecule has 1 aromatic heterocycles. The van der Waals surface area contributed by atoms with Crippen LogP contribution in [0.3, 0.4) is 0 Å². The summed E-state index contributed by atoms with van der Waals surface area (Å²) < 4.78 is 14.3. The molecule has 0 saturated heterocycles. The van der Waals surface area contributed by atoms with Crippen LogP contribution in [0.25, 0.3) is 21.8 Å². The summed E-state index contributed by atoms with van der Waals surface area (Å²) in [6.45, 7) is 1.34. The molecule has 25 heavy (non-hydrogen) atoms. The summed E-state index contributed by atoms with van der Waals surface area (Å²) in [6, 6.07) is 10.5. The number of non-ortho nitro benzene ring substituents is 1. The van der Waals surface area contributed by atoms with E-state index in [4.69, 9.17) is 0 Å². The molecule has 2 aromatic carbocycles. The van der Waals surface area contributed by atoms with Crippen molar-refractivity contribution in [1.29, 1.82) is 0 Å². The molecule has 0 aliphatic rings. The number of benzene rings is 2. The van der Waals surface area contributed by atoms with E-state index in [-0.39, 0.29) is 11.6 Å². The second kappa shape index (κ2) is 6.78. The fourth-order valence-electron chi connectivity index (χ4n) is 2.29. The predicted molar refractivity (Wildman–Crippen MR) is 93.9 cm³/mol. The number of anilines is 1. The van der Waals surface area contributed by atoms with Crippen LogP contribution in [0.15, 0.2) is 47.8 Å². The highest BCUT2D eigenvalue weighted by molar-refractivity contribution is 7.13. The number of nitro benzene ring substituents is 1. The van der Waals surface area contributed by atoms with Crippen LogP contribution in [0.1, 0.15) is 6.92 Å². The van der Waals surface area contributed by atoms with Gasteiger partial charge in [0.2, 0.25) is 5.91 Å². The minimum absolute atomic E-state index is 0.0277. The van der Waals surface area contributed by atoms with Gasteiger partial charge >= 0.3 is 0 Å². The summed E-state index contributed by atoms with van der Waals surface area (Å²) in [5.74, 6) is -0.795. The second-order valence-electron chi connectivity index (χ2n) is 5.22. The molecule has 1 amide bonds. The summed E-state index contributed by atoms with van der Waals surface area (Å²) in [5.41, 5.74) is 1.66. The van der Waals surface area contributed by atoms with E-state index in [1.807, 2.05) is 0 Å². The number of nitrogens with zero attached hydrogens (tertiary/aromatic N) is 2. The lowest BCUT2D eigenvalue weighted by Gasteiger charge is -2.04. The van der Waals surface area contributed by atoms with Gasteiger partial charge in [0.05, 0.1) is 10.6 Å². The van der Waals surface area contributed by atoms with Crippen LogP contribution in [0, 0.1) is 15.9 Å². The maximum atomic E-state index is 14.3. The normalized spacial score (nSPS) is 10.5. The van der Waals surface area contributed by atoms with E-state index in [1.165, 1.54) is 42.5 Å². The van der Waals surface area contributed by atoms with Crippen molar-refractivity contribution in [1.82, 2.24) is 4.98 Å². The lowest BCUT2D eigenvalue weighted by Crippen LogP contribution is -2.05. The molecule has 3 rings (SSSR count). The van der Waals surface area contributed by atoms with Crippen molar-refractivity contribution in [3.8, 4) is 21.8 Å². The molecule has 0 spiro atoms. The Kier molecular flexibility index (Phi) is 4.53. The molecule has 0 unspecified atom stereocenters. The number of nitro groups is 1. The summed E-state index contributed by atoms with van der Waals surface area (Å²) in [6.07, 6.45) is 0. The van der Waals surface area contributed by atoms with Crippen molar-refractivity contribution in [3.05, 3.63) is 63.8 Å². The topological polar surface area (TPSA) is 85.1 Å². The van der Waals surface area contributed by atoms with Crippen molar-refractivity contribution in [2.75, 3.05) is 5.32 Å². The fraction of sp³-hybridized carbons (Fsp3) is 0.0588. The molecule has 8 heteroatoms. The number of hydrogen-bond acceptors (Lipinski definition) is 5. The average molecular weight is 357 g/mol. The van der Waals surface area contributed by atoms with Crippen molar-refractivity contribution in [2.24, 2.45) is 0 Å². The van der Waals surface area contributed by atoms with E-state index < -0.39 is 10.7 Å². The van der Waals surface area contributed by atoms with Gasteiger partial charge in [-0.15, -0.1) is 11.3 Å². The third-order valence-electron chi connectivity index (χ3n) is 3.37. The molecule has 0 atom stereocenters. The monoisotopic (exact) mass is 357 g/mol. The smallest absolute Gasteiger partial charge is 0.270 e. The molecule has 3 aromatic rings. The molecule has 6 nitrogen and oxygen atoms in total. The van der Waals surface area contributed by atoms with Crippen LogP contribution in [-0.2, 0) is 4.79 Å². The number of carbonyl (C=O) groups is 1. The minimum atomic E-state index is -0.512. The van der Waals surface area contributed by atoms with E-state index in [2.05, 4.69) is 10.3 Å². The molecule has 0 fully saturated rings. The van der Waals surface area contributed by atoms with Crippen LogP contribution in [0.2, 0.25) is 0 Å². The number of amides is 1. The van der Waals surface area contributed by atoms with E-state index in [0.717, 1.165) is 0 Å². The van der Waals surface area contributed by atoms with Crippen molar-refractivity contribution in [2.45, 2.75) is 6.92 Å². The van der Waals surface area contributed by atoms with Gasteiger partial charge in [0.15, 0.2) is 0 Å². The van der Waals surface area contributed by atoms with Crippen molar-refractivity contribution >= 4 is 28.6 Å². The van der Waals surface area contributed by atoms with Crippen molar-refractivity contribution < 1.29 is 14.1 Å². The molecule has 0 aliphatic heterocycles. The predicted octanol–water partition coefficient (Wildman–Crippen LogP) is 4.48. The van der Waals surface area contributed by atoms with Gasteiger partial charge in [-0.2, -0.15) is 0 Å².